The first-order chi connectivity index (χ1) is 15.1. The van der Waals surface area contributed by atoms with Crippen molar-refractivity contribution in [1.29, 1.82) is 0 Å². The predicted molar refractivity (Wildman–Crippen MR) is 116 cm³/mol. The summed E-state index contributed by atoms with van der Waals surface area (Å²) in [4.78, 5) is 21.9. The molecule has 158 valence electrons. The molecule has 1 atom stereocenters. The van der Waals surface area contributed by atoms with Crippen LogP contribution in [0.15, 0.2) is 59.0 Å². The fourth-order valence-corrected chi connectivity index (χ4v) is 4.75. The standard InChI is InChI=1S/C22H21N5O3S/c1-30-18-9-8-13(11-17(18)29)20-19-15(6-4-7-16(19)28)24-21-25-22(26-27(20)21)31-12-14-5-2-3-10-23-14/h2-3,5,8-11,20,29H,4,6-7,12H2,1H3,(H,24,25,26)/t20-/m1/s1. The lowest BCUT2D eigenvalue weighted by Gasteiger charge is -2.32. The molecule has 0 radical (unpaired) electrons. The molecule has 2 aliphatic rings. The van der Waals surface area contributed by atoms with Gasteiger partial charge in [0.1, 0.15) is 6.04 Å². The molecular weight excluding hydrogens is 414 g/mol. The number of aromatic hydroxyl groups is 1. The molecule has 1 aliphatic heterocycles. The van der Waals surface area contributed by atoms with Crippen LogP contribution >= 0.6 is 11.8 Å². The van der Waals surface area contributed by atoms with E-state index in [0.717, 1.165) is 29.8 Å². The van der Waals surface area contributed by atoms with E-state index in [2.05, 4.69) is 15.3 Å². The van der Waals surface area contributed by atoms with Crippen LogP contribution in [-0.2, 0) is 10.5 Å². The first-order valence-electron chi connectivity index (χ1n) is 10.0. The van der Waals surface area contributed by atoms with Gasteiger partial charge in [-0.1, -0.05) is 23.9 Å². The molecule has 9 heteroatoms. The van der Waals surface area contributed by atoms with Crippen LogP contribution in [0.25, 0.3) is 0 Å². The van der Waals surface area contributed by atoms with Crippen LogP contribution in [-0.4, -0.2) is 37.7 Å². The van der Waals surface area contributed by atoms with Crippen molar-refractivity contribution in [3.63, 3.8) is 0 Å². The minimum absolute atomic E-state index is 0.0235. The Kier molecular flexibility index (Phi) is 5.11. The number of anilines is 1. The van der Waals surface area contributed by atoms with Crippen molar-refractivity contribution in [3.8, 4) is 11.5 Å². The Labute approximate surface area is 183 Å². The summed E-state index contributed by atoms with van der Waals surface area (Å²) >= 11 is 1.49. The number of ether oxygens (including phenoxy) is 1. The van der Waals surface area contributed by atoms with Crippen molar-refractivity contribution in [1.82, 2.24) is 19.7 Å². The predicted octanol–water partition coefficient (Wildman–Crippen LogP) is 3.70. The third-order valence-corrected chi connectivity index (χ3v) is 6.31. The Balaban J connectivity index is 1.53. The Morgan fingerprint density at radius 1 is 1.29 bits per heavy atom. The summed E-state index contributed by atoms with van der Waals surface area (Å²) in [6.07, 6.45) is 3.85. The summed E-state index contributed by atoms with van der Waals surface area (Å²) in [5.41, 5.74) is 3.28. The molecule has 31 heavy (non-hydrogen) atoms. The van der Waals surface area contributed by atoms with Crippen LogP contribution in [0.2, 0.25) is 0 Å². The van der Waals surface area contributed by atoms with E-state index in [4.69, 9.17) is 9.84 Å². The van der Waals surface area contributed by atoms with Crippen molar-refractivity contribution in [2.24, 2.45) is 0 Å². The Bertz CT molecular complexity index is 1180. The average Bonchev–Trinajstić information content (AvgIpc) is 3.19. The number of hydrogen-bond donors (Lipinski definition) is 2. The zero-order valence-electron chi connectivity index (χ0n) is 16.9. The second-order valence-corrected chi connectivity index (χ2v) is 8.34. The first kappa shape index (κ1) is 19.6. The number of thioether (sulfide) groups is 1. The van der Waals surface area contributed by atoms with Gasteiger partial charge in [0.15, 0.2) is 17.3 Å². The van der Waals surface area contributed by atoms with Crippen LogP contribution in [0, 0.1) is 0 Å². The summed E-state index contributed by atoms with van der Waals surface area (Å²) in [7, 11) is 1.51. The van der Waals surface area contributed by atoms with Crippen molar-refractivity contribution in [2.75, 3.05) is 12.4 Å². The first-order valence-corrected chi connectivity index (χ1v) is 11.0. The van der Waals surface area contributed by atoms with Crippen molar-refractivity contribution in [3.05, 3.63) is 65.1 Å². The van der Waals surface area contributed by atoms with E-state index < -0.39 is 6.04 Å². The molecule has 0 saturated carbocycles. The van der Waals surface area contributed by atoms with E-state index in [1.165, 1.54) is 18.9 Å². The topological polar surface area (TPSA) is 102 Å². The van der Waals surface area contributed by atoms with Gasteiger partial charge in [0.2, 0.25) is 11.1 Å². The van der Waals surface area contributed by atoms with E-state index in [9.17, 15) is 9.90 Å². The molecule has 3 heterocycles. The van der Waals surface area contributed by atoms with Crippen LogP contribution in [0.1, 0.15) is 36.6 Å². The summed E-state index contributed by atoms with van der Waals surface area (Å²) in [6.45, 7) is 0. The number of hydrogen-bond acceptors (Lipinski definition) is 8. The van der Waals surface area contributed by atoms with Gasteiger partial charge in [-0.25, -0.2) is 4.68 Å². The number of aromatic nitrogens is 4. The molecule has 1 aromatic carbocycles. The molecule has 0 amide bonds. The number of allylic oxidation sites excluding steroid dienone is 2. The molecule has 8 nitrogen and oxygen atoms in total. The van der Waals surface area contributed by atoms with Gasteiger partial charge in [0, 0.05) is 29.6 Å². The number of phenolic OH excluding ortho intramolecular Hbond substituents is 1. The zero-order chi connectivity index (χ0) is 21.4. The quantitative estimate of drug-likeness (QED) is 0.585. The fourth-order valence-electron chi connectivity index (χ4n) is 4.01. The highest BCUT2D eigenvalue weighted by atomic mass is 32.2. The van der Waals surface area contributed by atoms with Crippen molar-refractivity contribution >= 4 is 23.5 Å². The Morgan fingerprint density at radius 3 is 2.97 bits per heavy atom. The highest BCUT2D eigenvalue weighted by molar-refractivity contribution is 7.98. The largest absolute Gasteiger partial charge is 0.504 e. The lowest BCUT2D eigenvalue weighted by Crippen LogP contribution is -2.31. The number of carbonyl (C=O) groups is 1. The van der Waals surface area contributed by atoms with Crippen LogP contribution in [0.3, 0.4) is 0 Å². The molecule has 1 aliphatic carbocycles. The van der Waals surface area contributed by atoms with Gasteiger partial charge in [-0.05, 0) is 42.7 Å². The van der Waals surface area contributed by atoms with Gasteiger partial charge >= 0.3 is 0 Å². The number of fused-ring (bicyclic) bond motifs is 1. The van der Waals surface area contributed by atoms with Crippen LogP contribution in [0.4, 0.5) is 5.95 Å². The highest BCUT2D eigenvalue weighted by Crippen LogP contribution is 2.42. The summed E-state index contributed by atoms with van der Waals surface area (Å²) in [5, 5.41) is 19.0. The molecule has 0 saturated heterocycles. The van der Waals surface area contributed by atoms with Crippen molar-refractivity contribution in [2.45, 2.75) is 36.2 Å². The number of rotatable bonds is 5. The third kappa shape index (κ3) is 3.65. The van der Waals surface area contributed by atoms with Gasteiger partial charge in [-0.15, -0.1) is 5.10 Å². The minimum Gasteiger partial charge on any atom is -0.504 e. The molecule has 2 aromatic heterocycles. The van der Waals surface area contributed by atoms with E-state index in [-0.39, 0.29) is 11.5 Å². The summed E-state index contributed by atoms with van der Waals surface area (Å²) < 4.78 is 6.92. The smallest absolute Gasteiger partial charge is 0.227 e. The highest BCUT2D eigenvalue weighted by Gasteiger charge is 2.37. The maximum absolute atomic E-state index is 12.9. The zero-order valence-corrected chi connectivity index (χ0v) is 17.7. The molecule has 0 fully saturated rings. The van der Waals surface area contributed by atoms with E-state index in [0.29, 0.717) is 34.6 Å². The van der Waals surface area contributed by atoms with Gasteiger partial charge in [-0.3, -0.25) is 9.78 Å². The van der Waals surface area contributed by atoms with Gasteiger partial charge < -0.3 is 15.2 Å². The molecule has 3 aromatic rings. The average molecular weight is 436 g/mol. The number of benzene rings is 1. The lowest BCUT2D eigenvalue weighted by molar-refractivity contribution is -0.116. The number of methoxy groups -OCH3 is 1. The maximum atomic E-state index is 12.9. The Morgan fingerprint density at radius 2 is 2.19 bits per heavy atom. The molecular formula is C22H21N5O3S. The van der Waals surface area contributed by atoms with Crippen LogP contribution in [0.5, 0.6) is 11.5 Å². The van der Waals surface area contributed by atoms with Crippen molar-refractivity contribution < 1.29 is 14.6 Å². The van der Waals surface area contributed by atoms with E-state index >= 15 is 0 Å². The van der Waals surface area contributed by atoms with E-state index in [1.54, 1.807) is 23.0 Å². The number of phenols is 1. The minimum atomic E-state index is -0.451. The second-order valence-electron chi connectivity index (χ2n) is 7.40. The van der Waals surface area contributed by atoms with Gasteiger partial charge in [0.25, 0.3) is 0 Å². The number of carbonyl (C=O) groups excluding carboxylic acids is 1. The number of pyridine rings is 1. The third-order valence-electron chi connectivity index (χ3n) is 5.44. The molecule has 0 unspecified atom stereocenters. The number of ketones is 1. The monoisotopic (exact) mass is 435 g/mol. The molecule has 5 rings (SSSR count). The normalized spacial score (nSPS) is 17.7. The Hall–Kier alpha value is -3.33. The number of nitrogens with zero attached hydrogens (tertiary/aromatic N) is 4. The van der Waals surface area contributed by atoms with Crippen LogP contribution < -0.4 is 10.1 Å². The molecule has 0 bridgehead atoms. The van der Waals surface area contributed by atoms with E-state index in [1.807, 2.05) is 24.3 Å². The van der Waals surface area contributed by atoms with Gasteiger partial charge in [0.05, 0.1) is 12.8 Å². The van der Waals surface area contributed by atoms with Gasteiger partial charge in [-0.2, -0.15) is 4.98 Å². The number of nitrogens with one attached hydrogen (secondary N) is 1. The second kappa shape index (κ2) is 8.07. The number of Topliss-reactive ketones (excluding diaryl/α,β-unsaturated/α-hetero) is 1. The molecule has 2 N–H and O–H groups in total. The summed E-state index contributed by atoms with van der Waals surface area (Å²) in [5.74, 6) is 1.74. The summed E-state index contributed by atoms with van der Waals surface area (Å²) in [6, 6.07) is 10.5. The fraction of sp³-hybridized carbons (Fsp3) is 0.273. The SMILES string of the molecule is COc1ccc([C@@H]2C3=C(CCCC3=O)Nc3nc(SCc4ccccn4)nn32)cc1O. The maximum Gasteiger partial charge on any atom is 0.227 e. The molecule has 0 spiro atoms. The lowest BCUT2D eigenvalue weighted by atomic mass is 9.85.